The van der Waals surface area contributed by atoms with Gasteiger partial charge in [0.25, 0.3) is 0 Å². The van der Waals surface area contributed by atoms with Gasteiger partial charge in [-0.15, -0.1) is 0 Å². The molecule has 0 amide bonds. The molecular weight excluding hydrogens is 252 g/mol. The first kappa shape index (κ1) is 15.6. The molecule has 5 heteroatoms. The zero-order valence-electron chi connectivity index (χ0n) is 11.1. The highest BCUT2D eigenvalue weighted by Crippen LogP contribution is 2.21. The fourth-order valence-corrected chi connectivity index (χ4v) is 3.57. The van der Waals surface area contributed by atoms with Crippen LogP contribution in [0, 0.1) is 0 Å². The molecule has 1 fully saturated rings. The minimum Gasteiger partial charge on any atom is -0.461 e. The average Bonchev–Trinajstić information content (AvgIpc) is 2.38. The summed E-state index contributed by atoms with van der Waals surface area (Å²) in [6.07, 6.45) is 6.34. The molecule has 1 rings (SSSR count). The van der Waals surface area contributed by atoms with Gasteiger partial charge in [-0.25, -0.2) is 0 Å². The number of rotatable bonds is 7. The van der Waals surface area contributed by atoms with Gasteiger partial charge in [-0.3, -0.25) is 9.00 Å². The molecule has 0 heterocycles. The monoisotopic (exact) mass is 276 g/mol. The van der Waals surface area contributed by atoms with Crippen molar-refractivity contribution in [3.8, 4) is 0 Å². The number of hydrogen-bond acceptors (Lipinski definition) is 4. The van der Waals surface area contributed by atoms with Gasteiger partial charge in [-0.2, -0.15) is 0 Å². The van der Waals surface area contributed by atoms with Gasteiger partial charge in [0, 0.05) is 23.2 Å². The van der Waals surface area contributed by atoms with Gasteiger partial charge in [-0.05, 0) is 38.5 Å². The second-order valence-corrected chi connectivity index (χ2v) is 6.49. The summed E-state index contributed by atoms with van der Waals surface area (Å²) in [6.45, 7) is 1.86. The largest absolute Gasteiger partial charge is 0.461 e. The van der Waals surface area contributed by atoms with E-state index in [-0.39, 0.29) is 18.7 Å². The molecule has 0 aromatic carbocycles. The van der Waals surface area contributed by atoms with E-state index < -0.39 is 16.0 Å². The second kappa shape index (κ2) is 8.64. The van der Waals surface area contributed by atoms with Crippen LogP contribution < -0.4 is 0 Å². The van der Waals surface area contributed by atoms with Crippen molar-refractivity contribution in [2.45, 2.75) is 63.2 Å². The maximum atomic E-state index is 12.0. The van der Waals surface area contributed by atoms with Crippen LogP contribution in [-0.2, 0) is 20.3 Å². The van der Waals surface area contributed by atoms with E-state index >= 15 is 0 Å². The smallest absolute Gasteiger partial charge is 0.321 e. The van der Waals surface area contributed by atoms with Crippen molar-refractivity contribution in [1.82, 2.24) is 0 Å². The Labute approximate surface area is 112 Å². The predicted molar refractivity (Wildman–Crippen MR) is 71.8 cm³/mol. The van der Waals surface area contributed by atoms with Gasteiger partial charge in [0.05, 0.1) is 0 Å². The van der Waals surface area contributed by atoms with E-state index in [1.54, 1.807) is 0 Å². The number of hydrogen-bond donors (Lipinski definition) is 1. The Bertz CT molecular complexity index is 274. The number of ether oxygens (including phenoxy) is 1. The SMILES string of the molecule is CCC(C(=O)OC1CCCCC1)S(=O)CCCO. The minimum absolute atomic E-state index is 0.0137. The average molecular weight is 276 g/mol. The summed E-state index contributed by atoms with van der Waals surface area (Å²) < 4.78 is 17.4. The fraction of sp³-hybridized carbons (Fsp3) is 0.923. The van der Waals surface area contributed by atoms with Gasteiger partial charge in [-0.1, -0.05) is 13.3 Å². The van der Waals surface area contributed by atoms with Gasteiger partial charge in [0.15, 0.2) is 0 Å². The Kier molecular flexibility index (Phi) is 7.51. The predicted octanol–water partition coefficient (Wildman–Crippen LogP) is 1.77. The first-order valence-electron chi connectivity index (χ1n) is 6.87. The first-order valence-corrected chi connectivity index (χ1v) is 8.25. The van der Waals surface area contributed by atoms with E-state index in [9.17, 15) is 9.00 Å². The lowest BCUT2D eigenvalue weighted by atomic mass is 9.98. The van der Waals surface area contributed by atoms with Gasteiger partial charge < -0.3 is 9.84 Å². The van der Waals surface area contributed by atoms with Crippen molar-refractivity contribution in [2.24, 2.45) is 0 Å². The lowest BCUT2D eigenvalue weighted by molar-refractivity contribution is -0.149. The lowest BCUT2D eigenvalue weighted by Gasteiger charge is -2.24. The Morgan fingerprint density at radius 3 is 2.61 bits per heavy atom. The first-order chi connectivity index (χ1) is 8.69. The zero-order chi connectivity index (χ0) is 13.4. The van der Waals surface area contributed by atoms with E-state index in [0.717, 1.165) is 25.7 Å². The van der Waals surface area contributed by atoms with Crippen LogP contribution >= 0.6 is 0 Å². The summed E-state index contributed by atoms with van der Waals surface area (Å²) in [4.78, 5) is 12.0. The van der Waals surface area contributed by atoms with E-state index in [1.807, 2.05) is 6.92 Å². The molecule has 0 spiro atoms. The Morgan fingerprint density at radius 1 is 1.39 bits per heavy atom. The number of aliphatic hydroxyl groups excluding tert-OH is 1. The zero-order valence-corrected chi connectivity index (χ0v) is 11.9. The summed E-state index contributed by atoms with van der Waals surface area (Å²) in [5, 5.41) is 8.19. The highest BCUT2D eigenvalue weighted by Gasteiger charge is 2.27. The summed E-state index contributed by atoms with van der Waals surface area (Å²) in [5.41, 5.74) is 0. The van der Waals surface area contributed by atoms with Crippen LogP contribution in [0.25, 0.3) is 0 Å². The van der Waals surface area contributed by atoms with Crippen molar-refractivity contribution in [2.75, 3.05) is 12.4 Å². The highest BCUT2D eigenvalue weighted by molar-refractivity contribution is 7.86. The van der Waals surface area contributed by atoms with E-state index in [4.69, 9.17) is 9.84 Å². The molecule has 0 aromatic heterocycles. The molecular formula is C13H24O4S. The molecule has 1 aliphatic carbocycles. The fourth-order valence-electron chi connectivity index (χ4n) is 2.23. The summed E-state index contributed by atoms with van der Waals surface area (Å²) >= 11 is 0. The lowest BCUT2D eigenvalue weighted by Crippen LogP contribution is -2.33. The molecule has 0 aliphatic heterocycles. The maximum absolute atomic E-state index is 12.0. The Morgan fingerprint density at radius 2 is 2.06 bits per heavy atom. The van der Waals surface area contributed by atoms with Crippen LogP contribution in [0.15, 0.2) is 0 Å². The van der Waals surface area contributed by atoms with Crippen LogP contribution in [0.2, 0.25) is 0 Å². The minimum atomic E-state index is -1.23. The molecule has 4 nitrogen and oxygen atoms in total. The van der Waals surface area contributed by atoms with Crippen molar-refractivity contribution < 1.29 is 18.8 Å². The van der Waals surface area contributed by atoms with Crippen molar-refractivity contribution in [3.63, 3.8) is 0 Å². The molecule has 1 saturated carbocycles. The topological polar surface area (TPSA) is 63.6 Å². The van der Waals surface area contributed by atoms with Gasteiger partial charge in [0.1, 0.15) is 11.4 Å². The Balaban J connectivity index is 2.42. The third-order valence-electron chi connectivity index (χ3n) is 3.29. The molecule has 0 aromatic rings. The molecule has 2 atom stereocenters. The highest BCUT2D eigenvalue weighted by atomic mass is 32.2. The van der Waals surface area contributed by atoms with Crippen molar-refractivity contribution in [1.29, 1.82) is 0 Å². The van der Waals surface area contributed by atoms with Gasteiger partial charge in [0.2, 0.25) is 0 Å². The normalized spacial score (nSPS) is 20.3. The van der Waals surface area contributed by atoms with Crippen LogP contribution in [-0.4, -0.2) is 39.0 Å². The van der Waals surface area contributed by atoms with Crippen LogP contribution in [0.3, 0.4) is 0 Å². The van der Waals surface area contributed by atoms with E-state index in [1.165, 1.54) is 6.42 Å². The standard InChI is InChI=1S/C13H24O4S/c1-2-12(18(16)10-6-9-14)13(15)17-11-7-4-3-5-8-11/h11-12,14H,2-10H2,1H3. The van der Waals surface area contributed by atoms with E-state index in [0.29, 0.717) is 18.6 Å². The number of esters is 1. The van der Waals surface area contributed by atoms with Crippen molar-refractivity contribution in [3.05, 3.63) is 0 Å². The molecule has 0 saturated heterocycles. The number of carbonyl (C=O) groups excluding carboxylic acids is 1. The van der Waals surface area contributed by atoms with Crippen LogP contribution in [0.1, 0.15) is 51.9 Å². The van der Waals surface area contributed by atoms with Gasteiger partial charge >= 0.3 is 5.97 Å². The number of aliphatic hydroxyl groups is 1. The quantitative estimate of drug-likeness (QED) is 0.720. The molecule has 1 N–H and O–H groups in total. The molecule has 106 valence electrons. The third-order valence-corrected chi connectivity index (χ3v) is 5.14. The van der Waals surface area contributed by atoms with E-state index in [2.05, 4.69) is 0 Å². The Hall–Kier alpha value is -0.420. The third kappa shape index (κ3) is 5.06. The second-order valence-electron chi connectivity index (χ2n) is 4.76. The number of carbonyl (C=O) groups is 1. The summed E-state index contributed by atoms with van der Waals surface area (Å²) in [6, 6.07) is 0. The summed E-state index contributed by atoms with van der Waals surface area (Å²) in [7, 11) is -1.23. The van der Waals surface area contributed by atoms with Crippen LogP contribution in [0.4, 0.5) is 0 Å². The molecule has 2 unspecified atom stereocenters. The molecule has 0 radical (unpaired) electrons. The molecule has 0 bridgehead atoms. The van der Waals surface area contributed by atoms with Crippen LogP contribution in [0.5, 0.6) is 0 Å². The summed E-state index contributed by atoms with van der Waals surface area (Å²) in [5.74, 6) is 0.0510. The molecule has 1 aliphatic rings. The van der Waals surface area contributed by atoms with Crippen molar-refractivity contribution >= 4 is 16.8 Å². The maximum Gasteiger partial charge on any atom is 0.321 e. The molecule has 18 heavy (non-hydrogen) atoms.